The van der Waals surface area contributed by atoms with E-state index in [1.54, 1.807) is 12.1 Å². The molecule has 1 aliphatic rings. The van der Waals surface area contributed by atoms with Crippen molar-refractivity contribution in [1.82, 2.24) is 0 Å². The molecule has 0 aliphatic heterocycles. The van der Waals surface area contributed by atoms with Gasteiger partial charge >= 0.3 is 0 Å². The summed E-state index contributed by atoms with van der Waals surface area (Å²) < 4.78 is 42.7. The van der Waals surface area contributed by atoms with Crippen LogP contribution in [0.15, 0.2) is 42.5 Å². The number of hydrogen-bond acceptors (Lipinski definition) is 1. The van der Waals surface area contributed by atoms with Gasteiger partial charge in [0.05, 0.1) is 5.56 Å². The Kier molecular flexibility index (Phi) is 8.14. The molecular weight excluding hydrogens is 443 g/mol. The first-order valence-electron chi connectivity index (χ1n) is 12.6. The van der Waals surface area contributed by atoms with Crippen LogP contribution in [0.25, 0.3) is 10.8 Å². The van der Waals surface area contributed by atoms with Crippen LogP contribution in [0.5, 0.6) is 0 Å². The Balaban J connectivity index is 1.42. The van der Waals surface area contributed by atoms with Crippen molar-refractivity contribution in [3.05, 3.63) is 82.2 Å². The fourth-order valence-electron chi connectivity index (χ4n) is 5.16. The number of benzene rings is 3. The summed E-state index contributed by atoms with van der Waals surface area (Å²) in [6, 6.07) is 12.7. The SMILES string of the molecule is CCCCC1CCC(CCc2ccc3c(F)c(C#Cc4cc(F)c(C#N)c(F)c4)ccc3c2)CC1. The molecule has 0 spiro atoms. The van der Waals surface area contributed by atoms with E-state index in [1.807, 2.05) is 18.2 Å². The molecule has 0 aromatic heterocycles. The molecule has 3 aromatic rings. The minimum Gasteiger partial charge on any atom is -0.205 e. The van der Waals surface area contributed by atoms with Gasteiger partial charge in [-0.15, -0.1) is 0 Å². The third kappa shape index (κ3) is 6.07. The maximum absolute atomic E-state index is 15.1. The molecule has 3 aromatic carbocycles. The maximum atomic E-state index is 15.1. The molecule has 0 atom stereocenters. The van der Waals surface area contributed by atoms with Crippen molar-refractivity contribution < 1.29 is 13.2 Å². The first-order valence-corrected chi connectivity index (χ1v) is 12.6. The van der Waals surface area contributed by atoms with Crippen molar-refractivity contribution in [2.24, 2.45) is 11.8 Å². The highest BCUT2D eigenvalue weighted by Crippen LogP contribution is 2.34. The molecule has 0 unspecified atom stereocenters. The topological polar surface area (TPSA) is 23.8 Å². The van der Waals surface area contributed by atoms with Crippen LogP contribution in [0.3, 0.4) is 0 Å². The first-order chi connectivity index (χ1) is 17.0. The van der Waals surface area contributed by atoms with Crippen LogP contribution in [0, 0.1) is 52.5 Å². The van der Waals surface area contributed by atoms with Gasteiger partial charge in [0.15, 0.2) is 0 Å². The number of unbranched alkanes of at least 4 members (excludes halogenated alkanes) is 1. The smallest absolute Gasteiger partial charge is 0.146 e. The minimum absolute atomic E-state index is 0.0493. The molecule has 0 heterocycles. The maximum Gasteiger partial charge on any atom is 0.146 e. The molecule has 4 heteroatoms. The fourth-order valence-corrected chi connectivity index (χ4v) is 5.16. The second-order valence-corrected chi connectivity index (χ2v) is 9.73. The summed E-state index contributed by atoms with van der Waals surface area (Å²) in [5.41, 5.74) is 0.777. The Bertz CT molecular complexity index is 1280. The molecule has 4 rings (SSSR count). The highest BCUT2D eigenvalue weighted by atomic mass is 19.1. The summed E-state index contributed by atoms with van der Waals surface area (Å²) in [5.74, 6) is 4.58. The van der Waals surface area contributed by atoms with Gasteiger partial charge in [-0.3, -0.25) is 0 Å². The van der Waals surface area contributed by atoms with Crippen molar-refractivity contribution in [2.45, 2.75) is 64.7 Å². The summed E-state index contributed by atoms with van der Waals surface area (Å²) in [5, 5.41) is 10.1. The standard InChI is InChI=1S/C31H30F3N/c1-2-3-4-21-5-7-22(8-6-21)9-10-23-12-16-27-26(17-23)15-14-25(31(27)34)13-11-24-18-29(32)28(20-35)30(33)19-24/h12,14-19,21-22H,2-10H2,1H3. The van der Waals surface area contributed by atoms with E-state index < -0.39 is 23.0 Å². The molecule has 35 heavy (non-hydrogen) atoms. The van der Waals surface area contributed by atoms with E-state index in [0.29, 0.717) is 5.39 Å². The number of rotatable bonds is 6. The highest BCUT2D eigenvalue weighted by molar-refractivity contribution is 5.85. The van der Waals surface area contributed by atoms with Gasteiger partial charge < -0.3 is 0 Å². The monoisotopic (exact) mass is 473 g/mol. The lowest BCUT2D eigenvalue weighted by Gasteiger charge is -2.28. The minimum atomic E-state index is -0.979. The van der Waals surface area contributed by atoms with E-state index >= 15 is 4.39 Å². The Hall–Kier alpha value is -3.24. The Morgan fingerprint density at radius 1 is 0.857 bits per heavy atom. The number of nitrogens with zero attached hydrogens (tertiary/aromatic N) is 1. The van der Waals surface area contributed by atoms with Gasteiger partial charge in [-0.1, -0.05) is 88.0 Å². The largest absolute Gasteiger partial charge is 0.205 e. The van der Waals surface area contributed by atoms with E-state index in [1.165, 1.54) is 63.0 Å². The number of aryl methyl sites for hydroxylation is 1. The summed E-state index contributed by atoms with van der Waals surface area (Å²) in [4.78, 5) is 0. The average molecular weight is 474 g/mol. The molecule has 0 saturated heterocycles. The summed E-state index contributed by atoms with van der Waals surface area (Å²) in [6.07, 6.45) is 11.6. The van der Waals surface area contributed by atoms with Crippen molar-refractivity contribution in [3.8, 4) is 17.9 Å². The number of fused-ring (bicyclic) bond motifs is 1. The van der Waals surface area contributed by atoms with Crippen LogP contribution < -0.4 is 0 Å². The van der Waals surface area contributed by atoms with E-state index in [9.17, 15) is 8.78 Å². The van der Waals surface area contributed by atoms with Gasteiger partial charge in [0.1, 0.15) is 29.1 Å². The number of hydrogen-bond donors (Lipinski definition) is 0. The fraction of sp³-hybridized carbons (Fsp3) is 0.387. The number of nitriles is 1. The quantitative estimate of drug-likeness (QED) is 0.329. The zero-order valence-electron chi connectivity index (χ0n) is 20.1. The Morgan fingerprint density at radius 3 is 2.20 bits per heavy atom. The van der Waals surface area contributed by atoms with Gasteiger partial charge in [-0.2, -0.15) is 5.26 Å². The number of halogens is 3. The second-order valence-electron chi connectivity index (χ2n) is 9.73. The summed E-state index contributed by atoms with van der Waals surface area (Å²) >= 11 is 0. The average Bonchev–Trinajstić information content (AvgIpc) is 2.86. The molecule has 0 bridgehead atoms. The van der Waals surface area contributed by atoms with Gasteiger partial charge in [0.25, 0.3) is 0 Å². The third-order valence-corrected chi connectivity index (χ3v) is 7.29. The molecule has 1 fully saturated rings. The predicted molar refractivity (Wildman–Crippen MR) is 134 cm³/mol. The summed E-state index contributed by atoms with van der Waals surface area (Å²) in [7, 11) is 0. The molecule has 180 valence electrons. The van der Waals surface area contributed by atoms with Crippen molar-refractivity contribution >= 4 is 10.8 Å². The lowest BCUT2D eigenvalue weighted by Crippen LogP contribution is -2.15. The van der Waals surface area contributed by atoms with Gasteiger partial charge in [0, 0.05) is 10.9 Å². The normalized spacial score (nSPS) is 17.6. The molecular formula is C31H30F3N. The van der Waals surface area contributed by atoms with Crippen LogP contribution in [-0.4, -0.2) is 0 Å². The lowest BCUT2D eigenvalue weighted by molar-refractivity contribution is 0.250. The Labute approximate surface area is 206 Å². The first kappa shape index (κ1) is 24.9. The van der Waals surface area contributed by atoms with Crippen LogP contribution in [0.2, 0.25) is 0 Å². The zero-order chi connectivity index (χ0) is 24.8. The lowest BCUT2D eigenvalue weighted by atomic mass is 9.78. The van der Waals surface area contributed by atoms with Crippen molar-refractivity contribution in [2.75, 3.05) is 0 Å². The molecule has 0 amide bonds. The van der Waals surface area contributed by atoms with E-state index in [2.05, 4.69) is 18.8 Å². The second kappa shape index (κ2) is 11.5. The van der Waals surface area contributed by atoms with Crippen LogP contribution in [0.1, 0.15) is 80.5 Å². The van der Waals surface area contributed by atoms with Crippen LogP contribution in [0.4, 0.5) is 13.2 Å². The zero-order valence-corrected chi connectivity index (χ0v) is 20.1. The Morgan fingerprint density at radius 2 is 1.54 bits per heavy atom. The molecule has 1 nitrogen and oxygen atoms in total. The van der Waals surface area contributed by atoms with E-state index in [0.717, 1.165) is 35.8 Å². The molecule has 0 radical (unpaired) electrons. The highest BCUT2D eigenvalue weighted by Gasteiger charge is 2.20. The van der Waals surface area contributed by atoms with Gasteiger partial charge in [-0.05, 0) is 53.8 Å². The predicted octanol–water partition coefficient (Wildman–Crippen LogP) is 8.46. The third-order valence-electron chi connectivity index (χ3n) is 7.29. The molecule has 0 N–H and O–H groups in total. The van der Waals surface area contributed by atoms with E-state index in [4.69, 9.17) is 5.26 Å². The van der Waals surface area contributed by atoms with Crippen LogP contribution in [-0.2, 0) is 6.42 Å². The van der Waals surface area contributed by atoms with E-state index in [-0.39, 0.29) is 11.1 Å². The van der Waals surface area contributed by atoms with Gasteiger partial charge in [0.2, 0.25) is 0 Å². The van der Waals surface area contributed by atoms with Crippen molar-refractivity contribution in [3.63, 3.8) is 0 Å². The molecule has 1 aliphatic carbocycles. The van der Waals surface area contributed by atoms with Crippen molar-refractivity contribution in [1.29, 1.82) is 5.26 Å². The van der Waals surface area contributed by atoms with Crippen LogP contribution >= 0.6 is 0 Å². The summed E-state index contributed by atoms with van der Waals surface area (Å²) in [6.45, 7) is 2.26. The molecule has 1 saturated carbocycles. The van der Waals surface area contributed by atoms with Gasteiger partial charge in [-0.25, -0.2) is 13.2 Å².